The van der Waals surface area contributed by atoms with Crippen LogP contribution in [0.5, 0.6) is 5.75 Å². The third-order valence-corrected chi connectivity index (χ3v) is 8.33. The van der Waals surface area contributed by atoms with Gasteiger partial charge in [-0.25, -0.2) is 9.79 Å². The molecule has 3 heterocycles. The molecule has 3 aromatic carbocycles. The van der Waals surface area contributed by atoms with Crippen LogP contribution >= 0.6 is 11.3 Å². The minimum atomic E-state index is -0.695. The number of nitrogens with zero attached hydrogens (tertiary/aromatic N) is 2. The average molecular weight is 578 g/mol. The second-order valence-electron chi connectivity index (χ2n) is 10.6. The van der Waals surface area contributed by atoms with E-state index in [2.05, 4.69) is 42.2 Å². The second-order valence-corrected chi connectivity index (χ2v) is 11.6. The number of nitrogens with one attached hydrogen (secondary N) is 1. The van der Waals surface area contributed by atoms with Crippen LogP contribution < -0.4 is 19.6 Å². The fourth-order valence-electron chi connectivity index (χ4n) is 5.40. The van der Waals surface area contributed by atoms with Crippen molar-refractivity contribution in [1.82, 2.24) is 9.55 Å². The standard InChI is InChI=1S/C34H31N3O4S/c1-19(2)41-33(39)29-21(4)35-34-37(31(29)23-12-14-24(40-5)15-13-23)32(38)28(42-34)18-26-25-17-20(3)11-16-27(25)36-30(26)22-9-7-6-8-10-22/h6-19,31,36H,1-5H3/b28-18+/t31-/m0/s1. The molecule has 0 saturated heterocycles. The number of hydrogen-bond donors (Lipinski definition) is 1. The summed E-state index contributed by atoms with van der Waals surface area (Å²) in [7, 11) is 1.60. The molecule has 1 aliphatic rings. The summed E-state index contributed by atoms with van der Waals surface area (Å²) in [5, 5.41) is 1.03. The lowest BCUT2D eigenvalue weighted by Gasteiger charge is -2.25. The highest BCUT2D eigenvalue weighted by molar-refractivity contribution is 7.07. The number of carbonyl (C=O) groups is 1. The van der Waals surface area contributed by atoms with Gasteiger partial charge in [0, 0.05) is 16.5 Å². The Morgan fingerprint density at radius 1 is 1.05 bits per heavy atom. The van der Waals surface area contributed by atoms with E-state index in [4.69, 9.17) is 14.5 Å². The summed E-state index contributed by atoms with van der Waals surface area (Å²) >= 11 is 1.32. The molecule has 0 spiro atoms. The van der Waals surface area contributed by atoms with Crippen LogP contribution in [0.4, 0.5) is 0 Å². The Bertz CT molecular complexity index is 2030. The fourth-order valence-corrected chi connectivity index (χ4v) is 6.43. The van der Waals surface area contributed by atoms with Gasteiger partial charge in [0.05, 0.1) is 40.8 Å². The first kappa shape index (κ1) is 27.5. The quantitative estimate of drug-likeness (QED) is 0.264. The minimum absolute atomic E-state index is 0.220. The molecule has 2 aromatic heterocycles. The van der Waals surface area contributed by atoms with Gasteiger partial charge in [-0.15, -0.1) is 0 Å². The van der Waals surface area contributed by atoms with Gasteiger partial charge in [-0.1, -0.05) is 65.4 Å². The maximum Gasteiger partial charge on any atom is 0.338 e. The topological polar surface area (TPSA) is 85.7 Å². The monoisotopic (exact) mass is 577 g/mol. The lowest BCUT2D eigenvalue weighted by molar-refractivity contribution is -0.143. The smallest absolute Gasteiger partial charge is 0.338 e. The number of fused-ring (bicyclic) bond motifs is 2. The van der Waals surface area contributed by atoms with Gasteiger partial charge >= 0.3 is 5.97 Å². The van der Waals surface area contributed by atoms with E-state index in [0.29, 0.717) is 26.4 Å². The number of thiazole rings is 1. The first-order valence-electron chi connectivity index (χ1n) is 13.8. The number of aromatic amines is 1. The van der Waals surface area contributed by atoms with E-state index in [1.54, 1.807) is 32.4 Å². The minimum Gasteiger partial charge on any atom is -0.497 e. The predicted octanol–water partition coefficient (Wildman–Crippen LogP) is 5.65. The van der Waals surface area contributed by atoms with E-state index in [1.165, 1.54) is 11.3 Å². The summed E-state index contributed by atoms with van der Waals surface area (Å²) in [6, 6.07) is 23.1. The molecular weight excluding hydrogens is 546 g/mol. The zero-order valence-electron chi connectivity index (χ0n) is 24.1. The normalized spacial score (nSPS) is 15.2. The Morgan fingerprint density at radius 2 is 1.79 bits per heavy atom. The summed E-state index contributed by atoms with van der Waals surface area (Å²) in [5.74, 6) is 0.195. The molecule has 6 rings (SSSR count). The fraction of sp³-hybridized carbons (Fsp3) is 0.206. The molecule has 1 aliphatic heterocycles. The van der Waals surface area contributed by atoms with Crippen molar-refractivity contribution < 1.29 is 14.3 Å². The average Bonchev–Trinajstić information content (AvgIpc) is 3.48. The zero-order chi connectivity index (χ0) is 29.5. The van der Waals surface area contributed by atoms with E-state index >= 15 is 0 Å². The van der Waals surface area contributed by atoms with E-state index in [0.717, 1.165) is 38.9 Å². The van der Waals surface area contributed by atoms with E-state index in [1.807, 2.05) is 48.5 Å². The largest absolute Gasteiger partial charge is 0.497 e. The molecular formula is C34H31N3O4S. The highest BCUT2D eigenvalue weighted by Gasteiger charge is 2.34. The molecule has 1 N–H and O–H groups in total. The first-order valence-corrected chi connectivity index (χ1v) is 14.6. The molecule has 0 aliphatic carbocycles. The molecule has 212 valence electrons. The Balaban J connectivity index is 1.60. The highest BCUT2D eigenvalue weighted by Crippen LogP contribution is 2.33. The zero-order valence-corrected chi connectivity index (χ0v) is 24.9. The number of allylic oxidation sites excluding steroid dienone is 1. The van der Waals surface area contributed by atoms with Crippen LogP contribution in [0.25, 0.3) is 28.2 Å². The van der Waals surface area contributed by atoms with Crippen molar-refractivity contribution in [3.8, 4) is 17.0 Å². The molecule has 0 saturated carbocycles. The summed E-state index contributed by atoms with van der Waals surface area (Å²) in [5.41, 5.74) is 6.43. The number of aromatic nitrogens is 2. The maximum atomic E-state index is 14.3. The van der Waals surface area contributed by atoms with Gasteiger partial charge in [-0.05, 0) is 69.2 Å². The Kier molecular flexibility index (Phi) is 7.16. The summed E-state index contributed by atoms with van der Waals surface area (Å²) in [6.07, 6.45) is 1.63. The van der Waals surface area contributed by atoms with Crippen molar-refractivity contribution in [2.45, 2.75) is 39.8 Å². The SMILES string of the molecule is COc1ccc([C@H]2C(C(=O)OC(C)C)=C(C)N=c3s/c(=C/c4c(-c5ccccc5)[nH]c5ccc(C)cc45)c(=O)n32)cc1. The van der Waals surface area contributed by atoms with Gasteiger partial charge < -0.3 is 14.5 Å². The molecule has 7 nitrogen and oxygen atoms in total. The van der Waals surface area contributed by atoms with Crippen LogP contribution in [0, 0.1) is 6.92 Å². The van der Waals surface area contributed by atoms with Crippen LogP contribution in [0.1, 0.15) is 43.5 Å². The molecule has 0 bridgehead atoms. The molecule has 0 amide bonds. The third kappa shape index (κ3) is 4.88. The second kappa shape index (κ2) is 10.9. The molecule has 0 radical (unpaired) electrons. The van der Waals surface area contributed by atoms with Gasteiger partial charge in [0.2, 0.25) is 0 Å². The van der Waals surface area contributed by atoms with E-state index in [9.17, 15) is 9.59 Å². The van der Waals surface area contributed by atoms with Crippen LogP contribution in [0.2, 0.25) is 0 Å². The Hall–Kier alpha value is -4.69. The number of rotatable bonds is 6. The number of hydrogen-bond acceptors (Lipinski definition) is 6. The van der Waals surface area contributed by atoms with E-state index in [-0.39, 0.29) is 11.7 Å². The maximum absolute atomic E-state index is 14.3. The van der Waals surface area contributed by atoms with Crippen LogP contribution in [0.3, 0.4) is 0 Å². The van der Waals surface area contributed by atoms with Crippen LogP contribution in [-0.2, 0) is 9.53 Å². The van der Waals surface area contributed by atoms with Crippen LogP contribution in [-0.4, -0.2) is 28.7 Å². The van der Waals surface area contributed by atoms with Crippen molar-refractivity contribution >= 4 is 34.3 Å². The molecule has 0 unspecified atom stereocenters. The number of ether oxygens (including phenoxy) is 2. The summed E-state index contributed by atoms with van der Waals surface area (Å²) in [4.78, 5) is 36.5. The van der Waals surface area contributed by atoms with Gasteiger partial charge in [-0.2, -0.15) is 0 Å². The number of H-pyrrole nitrogens is 1. The molecule has 1 atom stereocenters. The summed E-state index contributed by atoms with van der Waals surface area (Å²) in [6.45, 7) is 7.46. The number of esters is 1. The predicted molar refractivity (Wildman–Crippen MR) is 166 cm³/mol. The highest BCUT2D eigenvalue weighted by atomic mass is 32.1. The number of benzene rings is 3. The number of aryl methyl sites for hydroxylation is 1. The lowest BCUT2D eigenvalue weighted by Crippen LogP contribution is -2.40. The number of carbonyl (C=O) groups excluding carboxylic acids is 1. The first-order chi connectivity index (χ1) is 20.2. The van der Waals surface area contributed by atoms with Crippen molar-refractivity contribution in [1.29, 1.82) is 0 Å². The molecule has 0 fully saturated rings. The summed E-state index contributed by atoms with van der Waals surface area (Å²) < 4.78 is 13.1. The van der Waals surface area contributed by atoms with E-state index < -0.39 is 12.0 Å². The van der Waals surface area contributed by atoms with Gasteiger partial charge in [0.25, 0.3) is 5.56 Å². The molecule has 8 heteroatoms. The lowest BCUT2D eigenvalue weighted by atomic mass is 9.96. The van der Waals surface area contributed by atoms with Crippen molar-refractivity contribution in [2.24, 2.45) is 4.99 Å². The van der Waals surface area contributed by atoms with Crippen molar-refractivity contribution in [3.05, 3.63) is 120 Å². The molecule has 42 heavy (non-hydrogen) atoms. The van der Waals surface area contributed by atoms with Gasteiger partial charge in [0.1, 0.15) is 5.75 Å². The van der Waals surface area contributed by atoms with Gasteiger partial charge in [0.15, 0.2) is 4.80 Å². The van der Waals surface area contributed by atoms with Crippen molar-refractivity contribution in [2.75, 3.05) is 7.11 Å². The van der Waals surface area contributed by atoms with Gasteiger partial charge in [-0.3, -0.25) is 9.36 Å². The molecule has 5 aromatic rings. The Morgan fingerprint density at radius 3 is 2.48 bits per heavy atom. The van der Waals surface area contributed by atoms with Crippen molar-refractivity contribution in [3.63, 3.8) is 0 Å². The number of methoxy groups -OCH3 is 1. The third-order valence-electron chi connectivity index (χ3n) is 7.35. The van der Waals surface area contributed by atoms with Crippen LogP contribution in [0.15, 0.2) is 93.9 Å². The Labute approximate surface area is 247 Å².